The summed E-state index contributed by atoms with van der Waals surface area (Å²) in [6.07, 6.45) is 15.7. The van der Waals surface area contributed by atoms with Gasteiger partial charge in [0, 0.05) is 0 Å². The molecule has 128 valence electrons. The molecule has 0 nitrogen and oxygen atoms in total. The second-order valence-corrected chi connectivity index (χ2v) is 6.69. The van der Waals surface area contributed by atoms with E-state index >= 15 is 0 Å². The molecule has 0 spiro atoms. The van der Waals surface area contributed by atoms with Crippen molar-refractivity contribution in [1.82, 2.24) is 0 Å². The molecule has 0 aromatic carbocycles. The third-order valence-electron chi connectivity index (χ3n) is 3.62. The molecule has 0 saturated heterocycles. The van der Waals surface area contributed by atoms with Crippen molar-refractivity contribution in [1.29, 1.82) is 0 Å². The molecular weight excluding hydrogens is 490 g/mol. The molecule has 0 aromatic heterocycles. The van der Waals surface area contributed by atoms with Crippen LogP contribution in [0, 0.1) is 24.0 Å². The summed E-state index contributed by atoms with van der Waals surface area (Å²) in [6.45, 7) is 13.4. The van der Waals surface area contributed by atoms with Gasteiger partial charge in [-0.3, -0.25) is 12.2 Å². The smallest absolute Gasteiger partial charge is 1.00 e. The van der Waals surface area contributed by atoms with E-state index < -0.39 is 0 Å². The summed E-state index contributed by atoms with van der Waals surface area (Å²) in [5.41, 5.74) is 5.76. The van der Waals surface area contributed by atoms with Crippen molar-refractivity contribution in [3.63, 3.8) is 0 Å². The molecular formula is C20H30Cl2Hf. The number of hydrogen-bond donors (Lipinski definition) is 0. The van der Waals surface area contributed by atoms with E-state index in [9.17, 15) is 0 Å². The van der Waals surface area contributed by atoms with E-state index in [1.807, 2.05) is 0 Å². The van der Waals surface area contributed by atoms with Gasteiger partial charge in [-0.2, -0.15) is 12.2 Å². The Bertz CT molecular complexity index is 399. The minimum atomic E-state index is 0. The van der Waals surface area contributed by atoms with Gasteiger partial charge in [0.1, 0.15) is 0 Å². The van der Waals surface area contributed by atoms with E-state index in [1.165, 1.54) is 35.1 Å². The van der Waals surface area contributed by atoms with Crippen LogP contribution in [0.1, 0.15) is 67.2 Å². The molecule has 23 heavy (non-hydrogen) atoms. The van der Waals surface area contributed by atoms with Crippen molar-refractivity contribution < 1.29 is 50.7 Å². The van der Waals surface area contributed by atoms with Gasteiger partial charge in [-0.1, -0.05) is 40.5 Å². The molecule has 0 N–H and O–H groups in total. The minimum Gasteiger partial charge on any atom is -1.00 e. The summed E-state index contributed by atoms with van der Waals surface area (Å²) in [6, 6.07) is 0. The van der Waals surface area contributed by atoms with Gasteiger partial charge >= 0.3 is 25.8 Å². The van der Waals surface area contributed by atoms with Gasteiger partial charge in [-0.15, -0.1) is 26.7 Å². The summed E-state index contributed by atoms with van der Waals surface area (Å²) in [4.78, 5) is 0. The van der Waals surface area contributed by atoms with Crippen molar-refractivity contribution >= 4 is 0 Å². The molecule has 0 amide bonds. The first-order chi connectivity index (χ1) is 9.40. The fourth-order valence-corrected chi connectivity index (χ4v) is 2.46. The zero-order valence-corrected chi connectivity index (χ0v) is 20.5. The van der Waals surface area contributed by atoms with Crippen LogP contribution in [0.4, 0.5) is 0 Å². The van der Waals surface area contributed by atoms with E-state index in [0.29, 0.717) is 0 Å². The summed E-state index contributed by atoms with van der Waals surface area (Å²) in [5, 5.41) is 0. The van der Waals surface area contributed by atoms with Crippen molar-refractivity contribution in [2.45, 2.75) is 67.2 Å². The Morgan fingerprint density at radius 3 is 1.26 bits per heavy atom. The second kappa shape index (κ2) is 14.7. The number of allylic oxidation sites excluding steroid dienone is 8. The van der Waals surface area contributed by atoms with E-state index in [-0.39, 0.29) is 50.7 Å². The fraction of sp³-hybridized carbons (Fsp3) is 0.600. The van der Waals surface area contributed by atoms with E-state index in [2.05, 4.69) is 65.8 Å². The third kappa shape index (κ3) is 11.6. The second-order valence-electron chi connectivity index (χ2n) is 6.69. The molecule has 0 bridgehead atoms. The average molecular weight is 520 g/mol. The average Bonchev–Trinajstić information content (AvgIpc) is 2.90. The van der Waals surface area contributed by atoms with Crippen LogP contribution in [0.2, 0.25) is 0 Å². The van der Waals surface area contributed by atoms with Crippen LogP contribution in [0.15, 0.2) is 34.4 Å². The van der Waals surface area contributed by atoms with Crippen LogP contribution in [-0.4, -0.2) is 0 Å². The summed E-state index contributed by atoms with van der Waals surface area (Å²) in [7, 11) is 0. The predicted molar refractivity (Wildman–Crippen MR) is 89.2 cm³/mol. The van der Waals surface area contributed by atoms with Crippen molar-refractivity contribution in [3.05, 3.63) is 46.6 Å². The van der Waals surface area contributed by atoms with Crippen molar-refractivity contribution in [2.75, 3.05) is 0 Å². The third-order valence-corrected chi connectivity index (χ3v) is 3.62. The largest absolute Gasteiger partial charge is 4.00 e. The summed E-state index contributed by atoms with van der Waals surface area (Å²) < 4.78 is 0. The normalized spacial score (nSPS) is 15.3. The summed E-state index contributed by atoms with van der Waals surface area (Å²) in [5.74, 6) is 1.54. The molecule has 0 unspecified atom stereocenters. The van der Waals surface area contributed by atoms with Crippen LogP contribution >= 0.6 is 0 Å². The molecule has 0 atom stereocenters. The van der Waals surface area contributed by atoms with E-state index in [0.717, 1.165) is 24.7 Å². The first-order valence-electron chi connectivity index (χ1n) is 7.93. The molecule has 2 aliphatic rings. The molecule has 0 radical (unpaired) electrons. The molecule has 0 saturated carbocycles. The van der Waals surface area contributed by atoms with Gasteiger partial charge in [0.25, 0.3) is 0 Å². The molecule has 0 aromatic rings. The van der Waals surface area contributed by atoms with Crippen LogP contribution in [0.25, 0.3) is 0 Å². The fourth-order valence-electron chi connectivity index (χ4n) is 2.46. The maximum Gasteiger partial charge on any atom is 4.00 e. The van der Waals surface area contributed by atoms with Gasteiger partial charge in [0.05, 0.1) is 0 Å². The maximum absolute atomic E-state index is 3.36. The Kier molecular flexibility index (Phi) is 18.1. The maximum atomic E-state index is 3.36. The summed E-state index contributed by atoms with van der Waals surface area (Å²) >= 11 is 0. The van der Waals surface area contributed by atoms with Gasteiger partial charge in [-0.25, -0.2) is 22.3 Å². The number of halogens is 2. The van der Waals surface area contributed by atoms with Crippen LogP contribution in [0.5, 0.6) is 0 Å². The topological polar surface area (TPSA) is 0 Å². The minimum absolute atomic E-state index is 0. The molecule has 0 heterocycles. The van der Waals surface area contributed by atoms with Crippen LogP contribution in [0.3, 0.4) is 0 Å². The standard InChI is InChI=1S/2C10H15.2ClH.Hf/c2*1-8(2)7-10-6-4-5-9(10)3;;;/h2*5,8H,4,7H2,1-3H3;2*1H;/q2*-1;;;+4/p-2. The SMILES string of the molecule is CC1=CC[C-]=C1CC(C)C.CC1=CC[C-]=C1CC(C)C.[Cl-].[Cl-].[Hf+4]. The van der Waals surface area contributed by atoms with Gasteiger partial charge in [0.15, 0.2) is 0 Å². The molecule has 2 aliphatic carbocycles. The molecule has 3 heteroatoms. The molecule has 2 rings (SSSR count). The number of hydrogen-bond acceptors (Lipinski definition) is 0. The van der Waals surface area contributed by atoms with Gasteiger partial charge in [-0.05, 0) is 11.8 Å². The van der Waals surface area contributed by atoms with Crippen LogP contribution < -0.4 is 24.8 Å². The van der Waals surface area contributed by atoms with E-state index in [4.69, 9.17) is 0 Å². The first-order valence-corrected chi connectivity index (χ1v) is 7.93. The quantitative estimate of drug-likeness (QED) is 0.369. The van der Waals surface area contributed by atoms with Crippen molar-refractivity contribution in [3.8, 4) is 0 Å². The Morgan fingerprint density at radius 1 is 0.783 bits per heavy atom. The van der Waals surface area contributed by atoms with E-state index in [1.54, 1.807) is 0 Å². The van der Waals surface area contributed by atoms with Crippen molar-refractivity contribution in [2.24, 2.45) is 11.8 Å². The van der Waals surface area contributed by atoms with Gasteiger partial charge < -0.3 is 24.8 Å². The van der Waals surface area contributed by atoms with Gasteiger partial charge in [0.2, 0.25) is 0 Å². The zero-order valence-electron chi connectivity index (χ0n) is 15.4. The first kappa shape index (κ1) is 28.2. The Morgan fingerprint density at radius 2 is 1.09 bits per heavy atom. The Balaban J connectivity index is -0.000000308. The Labute approximate surface area is 175 Å². The van der Waals surface area contributed by atoms with Crippen LogP contribution in [-0.2, 0) is 25.8 Å². The molecule has 0 fully saturated rings. The Hall–Kier alpha value is 0.410. The zero-order chi connectivity index (χ0) is 15.1. The predicted octanol–water partition coefficient (Wildman–Crippen LogP) is 0.230. The number of rotatable bonds is 4. The monoisotopic (exact) mass is 520 g/mol. The molecule has 0 aliphatic heterocycles.